The lowest BCUT2D eigenvalue weighted by molar-refractivity contribution is 0.299. The predicted molar refractivity (Wildman–Crippen MR) is 65.9 cm³/mol. The van der Waals surface area contributed by atoms with Crippen LogP contribution in [0.15, 0.2) is 18.2 Å². The van der Waals surface area contributed by atoms with Gasteiger partial charge in [0, 0.05) is 25.7 Å². The van der Waals surface area contributed by atoms with Gasteiger partial charge in [-0.1, -0.05) is 6.07 Å². The van der Waals surface area contributed by atoms with E-state index in [1.54, 1.807) is 7.11 Å². The summed E-state index contributed by atoms with van der Waals surface area (Å²) in [6.07, 6.45) is 0. The van der Waals surface area contributed by atoms with Gasteiger partial charge in [0.25, 0.3) is 0 Å². The molecule has 17 heavy (non-hydrogen) atoms. The molecule has 3 heterocycles. The predicted octanol–water partition coefficient (Wildman–Crippen LogP) is 0.741. The Balaban J connectivity index is 1.63. The highest BCUT2D eigenvalue weighted by molar-refractivity contribution is 5.15. The zero-order valence-electron chi connectivity index (χ0n) is 10.2. The van der Waals surface area contributed by atoms with Crippen molar-refractivity contribution >= 4 is 0 Å². The van der Waals surface area contributed by atoms with Crippen LogP contribution < -0.4 is 10.1 Å². The molecule has 0 spiro atoms. The summed E-state index contributed by atoms with van der Waals surface area (Å²) in [5.41, 5.74) is 1.11. The molecule has 0 aromatic carbocycles. The molecule has 1 aromatic heterocycles. The van der Waals surface area contributed by atoms with E-state index in [1.807, 2.05) is 12.1 Å². The van der Waals surface area contributed by atoms with Crippen molar-refractivity contribution in [3.05, 3.63) is 23.9 Å². The Kier molecular flexibility index (Phi) is 2.99. The first-order valence-corrected chi connectivity index (χ1v) is 6.28. The monoisotopic (exact) mass is 233 g/mol. The number of hydrogen-bond acceptors (Lipinski definition) is 4. The van der Waals surface area contributed by atoms with Crippen molar-refractivity contribution in [1.29, 1.82) is 0 Å². The smallest absolute Gasteiger partial charge is 0.213 e. The van der Waals surface area contributed by atoms with Crippen LogP contribution in [0.25, 0.3) is 0 Å². The molecule has 0 radical (unpaired) electrons. The minimum absolute atomic E-state index is 0.712. The molecule has 3 rings (SSSR count). The Morgan fingerprint density at radius 2 is 2.12 bits per heavy atom. The fourth-order valence-corrected chi connectivity index (χ4v) is 2.97. The Labute approximate surface area is 102 Å². The molecule has 2 aliphatic rings. The number of nitrogens with zero attached hydrogens (tertiary/aromatic N) is 2. The number of methoxy groups -OCH3 is 1. The van der Waals surface area contributed by atoms with Crippen molar-refractivity contribution in [2.75, 3.05) is 33.3 Å². The fourth-order valence-electron chi connectivity index (χ4n) is 2.97. The lowest BCUT2D eigenvalue weighted by atomic mass is 10.0. The van der Waals surface area contributed by atoms with Crippen molar-refractivity contribution in [1.82, 2.24) is 15.2 Å². The topological polar surface area (TPSA) is 37.4 Å². The van der Waals surface area contributed by atoms with E-state index < -0.39 is 0 Å². The molecule has 0 aliphatic carbocycles. The van der Waals surface area contributed by atoms with Crippen LogP contribution >= 0.6 is 0 Å². The second-order valence-electron chi connectivity index (χ2n) is 5.04. The molecule has 0 saturated carbocycles. The largest absolute Gasteiger partial charge is 0.481 e. The van der Waals surface area contributed by atoms with Crippen LogP contribution in [0.3, 0.4) is 0 Å². The number of likely N-dealkylation sites (tertiary alicyclic amines) is 1. The average Bonchev–Trinajstić information content (AvgIpc) is 2.90. The van der Waals surface area contributed by atoms with E-state index in [4.69, 9.17) is 4.74 Å². The molecule has 4 heteroatoms. The standard InChI is InChI=1S/C13H19N3O/c1-17-13-4-2-3-12(15-13)9-16-7-10-5-14-6-11(10)8-16/h2-4,10-11,14H,5-9H2,1H3. The number of pyridine rings is 1. The molecule has 0 amide bonds. The van der Waals surface area contributed by atoms with E-state index in [-0.39, 0.29) is 0 Å². The molecule has 4 nitrogen and oxygen atoms in total. The van der Waals surface area contributed by atoms with E-state index in [9.17, 15) is 0 Å². The van der Waals surface area contributed by atoms with Gasteiger partial charge < -0.3 is 10.1 Å². The van der Waals surface area contributed by atoms with Crippen LogP contribution in [0.4, 0.5) is 0 Å². The quantitative estimate of drug-likeness (QED) is 0.835. The van der Waals surface area contributed by atoms with Gasteiger partial charge in [0.15, 0.2) is 0 Å². The first-order chi connectivity index (χ1) is 8.35. The molecular weight excluding hydrogens is 214 g/mol. The van der Waals surface area contributed by atoms with Crippen molar-refractivity contribution in [3.63, 3.8) is 0 Å². The number of aromatic nitrogens is 1. The highest BCUT2D eigenvalue weighted by Gasteiger charge is 2.35. The Bertz CT molecular complexity index is 384. The van der Waals surface area contributed by atoms with Gasteiger partial charge in [0.1, 0.15) is 0 Å². The maximum atomic E-state index is 5.15. The number of nitrogens with one attached hydrogen (secondary N) is 1. The second kappa shape index (κ2) is 4.63. The zero-order valence-corrected chi connectivity index (χ0v) is 10.2. The average molecular weight is 233 g/mol. The van der Waals surface area contributed by atoms with E-state index >= 15 is 0 Å². The number of rotatable bonds is 3. The molecule has 0 bridgehead atoms. The van der Waals surface area contributed by atoms with Gasteiger partial charge in [-0.2, -0.15) is 0 Å². The summed E-state index contributed by atoms with van der Waals surface area (Å²) < 4.78 is 5.15. The van der Waals surface area contributed by atoms with E-state index in [0.29, 0.717) is 5.88 Å². The highest BCUT2D eigenvalue weighted by atomic mass is 16.5. The van der Waals surface area contributed by atoms with Crippen LogP contribution in [-0.2, 0) is 6.54 Å². The number of ether oxygens (including phenoxy) is 1. The minimum Gasteiger partial charge on any atom is -0.481 e. The summed E-state index contributed by atoms with van der Waals surface area (Å²) in [7, 11) is 1.66. The fraction of sp³-hybridized carbons (Fsp3) is 0.615. The summed E-state index contributed by atoms with van der Waals surface area (Å²) in [6, 6.07) is 5.99. The van der Waals surface area contributed by atoms with Crippen molar-refractivity contribution in [2.45, 2.75) is 6.54 Å². The van der Waals surface area contributed by atoms with Crippen LogP contribution in [0, 0.1) is 11.8 Å². The third-order valence-electron chi connectivity index (χ3n) is 3.84. The molecule has 92 valence electrons. The molecule has 1 N–H and O–H groups in total. The van der Waals surface area contributed by atoms with E-state index in [1.165, 1.54) is 26.2 Å². The van der Waals surface area contributed by atoms with Gasteiger partial charge in [-0.25, -0.2) is 4.98 Å². The van der Waals surface area contributed by atoms with Crippen LogP contribution in [0.2, 0.25) is 0 Å². The van der Waals surface area contributed by atoms with Gasteiger partial charge in [0.05, 0.1) is 12.8 Å². The van der Waals surface area contributed by atoms with Gasteiger partial charge >= 0.3 is 0 Å². The molecule has 2 atom stereocenters. The van der Waals surface area contributed by atoms with Gasteiger partial charge in [-0.3, -0.25) is 4.90 Å². The van der Waals surface area contributed by atoms with Gasteiger partial charge in [-0.05, 0) is 31.0 Å². The summed E-state index contributed by atoms with van der Waals surface area (Å²) >= 11 is 0. The molecule has 1 aromatic rings. The normalized spacial score (nSPS) is 28.3. The maximum absolute atomic E-state index is 5.15. The lowest BCUT2D eigenvalue weighted by Crippen LogP contribution is -2.25. The third kappa shape index (κ3) is 2.28. The lowest BCUT2D eigenvalue weighted by Gasteiger charge is -2.16. The highest BCUT2D eigenvalue weighted by Crippen LogP contribution is 2.27. The van der Waals surface area contributed by atoms with Crippen LogP contribution in [-0.4, -0.2) is 43.2 Å². The Hall–Kier alpha value is -1.13. The van der Waals surface area contributed by atoms with Gasteiger partial charge in [-0.15, -0.1) is 0 Å². The molecule has 2 aliphatic heterocycles. The SMILES string of the molecule is COc1cccc(CN2CC3CNCC3C2)n1. The summed E-state index contributed by atoms with van der Waals surface area (Å²) in [6.45, 7) is 5.73. The zero-order chi connectivity index (χ0) is 11.7. The second-order valence-corrected chi connectivity index (χ2v) is 5.04. The molecule has 2 unspecified atom stereocenters. The summed E-state index contributed by atoms with van der Waals surface area (Å²) in [5, 5.41) is 3.46. The van der Waals surface area contributed by atoms with Gasteiger partial charge in [0.2, 0.25) is 5.88 Å². The molecule has 2 fully saturated rings. The number of fused-ring (bicyclic) bond motifs is 1. The minimum atomic E-state index is 0.712. The maximum Gasteiger partial charge on any atom is 0.213 e. The van der Waals surface area contributed by atoms with Crippen molar-refractivity contribution in [2.24, 2.45) is 11.8 Å². The van der Waals surface area contributed by atoms with Crippen LogP contribution in [0.1, 0.15) is 5.69 Å². The first kappa shape index (κ1) is 11.0. The molecular formula is C13H19N3O. The van der Waals surface area contributed by atoms with Crippen molar-refractivity contribution < 1.29 is 4.74 Å². The van der Waals surface area contributed by atoms with E-state index in [0.717, 1.165) is 24.1 Å². The van der Waals surface area contributed by atoms with E-state index in [2.05, 4.69) is 21.3 Å². The third-order valence-corrected chi connectivity index (χ3v) is 3.84. The number of hydrogen-bond donors (Lipinski definition) is 1. The van der Waals surface area contributed by atoms with Crippen molar-refractivity contribution in [3.8, 4) is 5.88 Å². The Morgan fingerprint density at radius 3 is 2.82 bits per heavy atom. The first-order valence-electron chi connectivity index (χ1n) is 6.28. The van der Waals surface area contributed by atoms with Crippen LogP contribution in [0.5, 0.6) is 5.88 Å². The molecule has 2 saturated heterocycles. The summed E-state index contributed by atoms with van der Waals surface area (Å²) in [4.78, 5) is 6.98. The Morgan fingerprint density at radius 1 is 1.35 bits per heavy atom. The summed E-state index contributed by atoms with van der Waals surface area (Å²) in [5.74, 6) is 2.41.